The number of ether oxygens (including phenoxy) is 2. The van der Waals surface area contributed by atoms with Crippen LogP contribution in [0, 0.1) is 11.7 Å². The van der Waals surface area contributed by atoms with Crippen molar-refractivity contribution in [2.24, 2.45) is 5.92 Å². The number of hydrogen-bond acceptors (Lipinski definition) is 6. The standard InChI is InChI=1S/C22H22FN3O4/c1-28-17-7-8-18(19(12-17)29-2)22(27)26-10-9-14(13-26)11-20-24-21(30-25-20)15-3-5-16(23)6-4-15/h3-8,12,14H,9-11,13H2,1-2H3. The molecule has 0 spiro atoms. The Morgan fingerprint density at radius 1 is 1.20 bits per heavy atom. The molecule has 1 atom stereocenters. The zero-order valence-corrected chi connectivity index (χ0v) is 16.8. The molecule has 3 aromatic rings. The Labute approximate surface area is 173 Å². The minimum Gasteiger partial charge on any atom is -0.497 e. The fourth-order valence-corrected chi connectivity index (χ4v) is 3.63. The highest BCUT2D eigenvalue weighted by Crippen LogP contribution is 2.29. The van der Waals surface area contributed by atoms with Crippen LogP contribution in [0.1, 0.15) is 22.6 Å². The molecule has 1 amide bonds. The fourth-order valence-electron chi connectivity index (χ4n) is 3.63. The summed E-state index contributed by atoms with van der Waals surface area (Å²) in [7, 11) is 3.11. The summed E-state index contributed by atoms with van der Waals surface area (Å²) >= 11 is 0. The minimum absolute atomic E-state index is 0.0721. The Hall–Kier alpha value is -3.42. The number of likely N-dealkylation sites (tertiary alicyclic amines) is 1. The number of benzene rings is 2. The highest BCUT2D eigenvalue weighted by atomic mass is 19.1. The molecule has 0 N–H and O–H groups in total. The predicted octanol–water partition coefficient (Wildman–Crippen LogP) is 3.60. The van der Waals surface area contributed by atoms with Crippen LogP contribution in [0.2, 0.25) is 0 Å². The quantitative estimate of drug-likeness (QED) is 0.617. The molecule has 2 heterocycles. The molecule has 8 heteroatoms. The van der Waals surface area contributed by atoms with Crippen molar-refractivity contribution in [3.63, 3.8) is 0 Å². The van der Waals surface area contributed by atoms with Gasteiger partial charge in [0.1, 0.15) is 17.3 Å². The van der Waals surface area contributed by atoms with Crippen LogP contribution < -0.4 is 9.47 Å². The number of amides is 1. The van der Waals surface area contributed by atoms with Gasteiger partial charge in [-0.1, -0.05) is 5.16 Å². The van der Waals surface area contributed by atoms with Crippen molar-refractivity contribution >= 4 is 5.91 Å². The van der Waals surface area contributed by atoms with Gasteiger partial charge in [-0.2, -0.15) is 4.98 Å². The van der Waals surface area contributed by atoms with Gasteiger partial charge in [0.15, 0.2) is 5.82 Å². The maximum absolute atomic E-state index is 13.1. The molecule has 2 aromatic carbocycles. The third-order valence-corrected chi connectivity index (χ3v) is 5.24. The Bertz CT molecular complexity index is 1040. The normalized spacial score (nSPS) is 16.0. The molecule has 0 bridgehead atoms. The first kappa shape index (κ1) is 19.9. The van der Waals surface area contributed by atoms with Crippen molar-refractivity contribution in [1.29, 1.82) is 0 Å². The van der Waals surface area contributed by atoms with Gasteiger partial charge in [0.25, 0.3) is 11.8 Å². The number of hydrogen-bond donors (Lipinski definition) is 0. The summed E-state index contributed by atoms with van der Waals surface area (Å²) < 4.78 is 28.9. The number of halogens is 1. The molecule has 0 saturated carbocycles. The van der Waals surface area contributed by atoms with Gasteiger partial charge < -0.3 is 18.9 Å². The summed E-state index contributed by atoms with van der Waals surface area (Å²) in [5.41, 5.74) is 1.18. The van der Waals surface area contributed by atoms with Crippen molar-refractivity contribution in [3.05, 3.63) is 59.7 Å². The Balaban J connectivity index is 1.40. The van der Waals surface area contributed by atoms with E-state index < -0.39 is 0 Å². The maximum Gasteiger partial charge on any atom is 0.257 e. The highest BCUT2D eigenvalue weighted by Gasteiger charge is 2.29. The molecule has 1 unspecified atom stereocenters. The second-order valence-corrected chi connectivity index (χ2v) is 7.20. The number of nitrogens with zero attached hydrogens (tertiary/aromatic N) is 3. The smallest absolute Gasteiger partial charge is 0.257 e. The lowest BCUT2D eigenvalue weighted by Crippen LogP contribution is -2.29. The fraction of sp³-hybridized carbons (Fsp3) is 0.318. The van der Waals surface area contributed by atoms with E-state index in [1.807, 2.05) is 4.90 Å². The van der Waals surface area contributed by atoms with E-state index in [4.69, 9.17) is 14.0 Å². The third-order valence-electron chi connectivity index (χ3n) is 5.24. The summed E-state index contributed by atoms with van der Waals surface area (Å²) in [6, 6.07) is 11.1. The van der Waals surface area contributed by atoms with Crippen LogP contribution in [0.4, 0.5) is 4.39 Å². The van der Waals surface area contributed by atoms with Gasteiger partial charge in [-0.05, 0) is 48.7 Å². The van der Waals surface area contributed by atoms with Crippen molar-refractivity contribution < 1.29 is 23.2 Å². The lowest BCUT2D eigenvalue weighted by Gasteiger charge is -2.18. The van der Waals surface area contributed by atoms with E-state index in [-0.39, 0.29) is 17.6 Å². The van der Waals surface area contributed by atoms with E-state index in [0.717, 1.165) is 6.42 Å². The number of carbonyl (C=O) groups is 1. The molecule has 1 aromatic heterocycles. The van der Waals surface area contributed by atoms with Crippen LogP contribution >= 0.6 is 0 Å². The molecule has 1 aliphatic rings. The van der Waals surface area contributed by atoms with E-state index in [0.29, 0.717) is 53.9 Å². The zero-order valence-electron chi connectivity index (χ0n) is 16.8. The molecule has 30 heavy (non-hydrogen) atoms. The molecule has 0 radical (unpaired) electrons. The topological polar surface area (TPSA) is 77.7 Å². The Morgan fingerprint density at radius 3 is 2.73 bits per heavy atom. The Kier molecular flexibility index (Phi) is 5.65. The van der Waals surface area contributed by atoms with Gasteiger partial charge in [0.2, 0.25) is 0 Å². The van der Waals surface area contributed by atoms with Crippen LogP contribution in [-0.2, 0) is 6.42 Å². The lowest BCUT2D eigenvalue weighted by molar-refractivity contribution is 0.0783. The highest BCUT2D eigenvalue weighted by molar-refractivity contribution is 5.97. The van der Waals surface area contributed by atoms with Crippen LogP contribution in [0.15, 0.2) is 47.0 Å². The minimum atomic E-state index is -0.317. The van der Waals surface area contributed by atoms with Crippen LogP contribution in [0.5, 0.6) is 11.5 Å². The summed E-state index contributed by atoms with van der Waals surface area (Å²) in [5, 5.41) is 4.04. The monoisotopic (exact) mass is 411 g/mol. The van der Waals surface area contributed by atoms with E-state index in [1.165, 1.54) is 19.2 Å². The van der Waals surface area contributed by atoms with Crippen molar-refractivity contribution in [2.75, 3.05) is 27.3 Å². The average molecular weight is 411 g/mol. The molecule has 7 nitrogen and oxygen atoms in total. The summed E-state index contributed by atoms with van der Waals surface area (Å²) in [4.78, 5) is 19.2. The third kappa shape index (κ3) is 4.12. The van der Waals surface area contributed by atoms with Crippen LogP contribution in [0.3, 0.4) is 0 Å². The molecule has 1 fully saturated rings. The first-order valence-corrected chi connectivity index (χ1v) is 9.67. The predicted molar refractivity (Wildman–Crippen MR) is 107 cm³/mol. The molecule has 156 valence electrons. The summed E-state index contributed by atoms with van der Waals surface area (Å²) in [5.74, 6) is 1.91. The largest absolute Gasteiger partial charge is 0.497 e. The molecule has 0 aliphatic carbocycles. The molecule has 1 aliphatic heterocycles. The Morgan fingerprint density at radius 2 is 2.00 bits per heavy atom. The van der Waals surface area contributed by atoms with Gasteiger partial charge in [0.05, 0.1) is 19.8 Å². The van der Waals surface area contributed by atoms with Crippen molar-refractivity contribution in [2.45, 2.75) is 12.8 Å². The second-order valence-electron chi connectivity index (χ2n) is 7.20. The van der Waals surface area contributed by atoms with Crippen molar-refractivity contribution in [1.82, 2.24) is 15.0 Å². The van der Waals surface area contributed by atoms with Gasteiger partial charge in [-0.25, -0.2) is 4.39 Å². The number of aromatic nitrogens is 2. The second kappa shape index (κ2) is 8.52. The summed E-state index contributed by atoms with van der Waals surface area (Å²) in [6.45, 7) is 1.26. The van der Waals surface area contributed by atoms with Crippen LogP contribution in [0.25, 0.3) is 11.5 Å². The maximum atomic E-state index is 13.1. The average Bonchev–Trinajstić information content (AvgIpc) is 3.43. The molecular weight excluding hydrogens is 389 g/mol. The zero-order chi connectivity index (χ0) is 21.1. The number of methoxy groups -OCH3 is 2. The van der Waals surface area contributed by atoms with E-state index in [2.05, 4.69) is 10.1 Å². The van der Waals surface area contributed by atoms with E-state index in [1.54, 1.807) is 37.4 Å². The van der Waals surface area contributed by atoms with Gasteiger partial charge in [0, 0.05) is 31.1 Å². The van der Waals surface area contributed by atoms with Crippen molar-refractivity contribution in [3.8, 4) is 23.0 Å². The molecule has 1 saturated heterocycles. The van der Waals surface area contributed by atoms with Crippen LogP contribution in [-0.4, -0.2) is 48.3 Å². The van der Waals surface area contributed by atoms with E-state index in [9.17, 15) is 9.18 Å². The van der Waals surface area contributed by atoms with Gasteiger partial charge >= 0.3 is 0 Å². The molecule has 4 rings (SSSR count). The SMILES string of the molecule is COc1ccc(C(=O)N2CCC(Cc3noc(-c4ccc(F)cc4)n3)C2)c(OC)c1. The number of rotatable bonds is 6. The van der Waals surface area contributed by atoms with Gasteiger partial charge in [-0.3, -0.25) is 4.79 Å². The van der Waals surface area contributed by atoms with E-state index >= 15 is 0 Å². The number of carbonyl (C=O) groups excluding carboxylic acids is 1. The first-order chi connectivity index (χ1) is 14.6. The molecular formula is C22H22FN3O4. The summed E-state index contributed by atoms with van der Waals surface area (Å²) in [6.07, 6.45) is 1.46. The first-order valence-electron chi connectivity index (χ1n) is 9.67. The van der Waals surface area contributed by atoms with Gasteiger partial charge in [-0.15, -0.1) is 0 Å². The lowest BCUT2D eigenvalue weighted by atomic mass is 10.0.